The molecule has 1 aromatic heterocycles. The zero-order valence-corrected chi connectivity index (χ0v) is 21.1. The molecule has 2 aromatic carbocycles. The number of nitrogens with one attached hydrogen (secondary N) is 1. The lowest BCUT2D eigenvalue weighted by molar-refractivity contribution is -0.136. The maximum Gasteiger partial charge on any atom is 0.273 e. The molecular formula is C29H29N5O3. The summed E-state index contributed by atoms with van der Waals surface area (Å²) in [5.41, 5.74) is 0.822. The summed E-state index contributed by atoms with van der Waals surface area (Å²) in [5.74, 6) is -0.779. The molecule has 3 aromatic rings. The first-order valence-corrected chi connectivity index (χ1v) is 12.5. The zero-order valence-electron chi connectivity index (χ0n) is 21.1. The molecule has 3 heterocycles. The van der Waals surface area contributed by atoms with Crippen LogP contribution in [0.5, 0.6) is 0 Å². The van der Waals surface area contributed by atoms with Gasteiger partial charge in [-0.2, -0.15) is 5.26 Å². The minimum Gasteiger partial charge on any atom is -0.328 e. The first-order chi connectivity index (χ1) is 17.8. The standard InChI is InChI=1S/C29H29N5O3/c1-18(2)14-24(33(3)27(36)25-21-9-5-4-8-19(21)12-13-31-25)26(35)34-17-29(15-20(34)16-30)22-10-6-7-11-23(22)32-28(29)37/h4-13,18,20,24H,14-15,17H2,1-3H3,(H,32,37)/t20-,24-,29-/m0/s1. The second kappa shape index (κ2) is 9.32. The third-order valence-corrected chi connectivity index (χ3v) is 7.56. The van der Waals surface area contributed by atoms with Gasteiger partial charge in [0.25, 0.3) is 5.91 Å². The Kier molecular flexibility index (Phi) is 6.16. The Hall–Kier alpha value is -4.25. The number of aromatic nitrogens is 1. The Morgan fingerprint density at radius 3 is 2.68 bits per heavy atom. The summed E-state index contributed by atoms with van der Waals surface area (Å²) < 4.78 is 0. The van der Waals surface area contributed by atoms with Crippen molar-refractivity contribution >= 4 is 34.2 Å². The number of nitriles is 1. The molecule has 0 saturated carbocycles. The third-order valence-electron chi connectivity index (χ3n) is 7.56. The van der Waals surface area contributed by atoms with Crippen LogP contribution >= 0.6 is 0 Å². The van der Waals surface area contributed by atoms with E-state index in [0.717, 1.165) is 10.9 Å². The molecule has 1 N–H and O–H groups in total. The van der Waals surface area contributed by atoms with E-state index in [-0.39, 0.29) is 42.3 Å². The van der Waals surface area contributed by atoms with Gasteiger partial charge in [-0.05, 0) is 35.4 Å². The number of nitrogens with zero attached hydrogens (tertiary/aromatic N) is 4. The van der Waals surface area contributed by atoms with Gasteiger partial charge >= 0.3 is 0 Å². The molecule has 3 amide bonds. The second-order valence-corrected chi connectivity index (χ2v) is 10.3. The number of anilines is 1. The number of pyridine rings is 1. The highest BCUT2D eigenvalue weighted by Gasteiger charge is 2.56. The van der Waals surface area contributed by atoms with Gasteiger partial charge in [-0.15, -0.1) is 0 Å². The molecule has 188 valence electrons. The molecule has 0 unspecified atom stereocenters. The van der Waals surface area contributed by atoms with E-state index < -0.39 is 17.5 Å². The van der Waals surface area contributed by atoms with Crippen molar-refractivity contribution in [2.24, 2.45) is 5.92 Å². The lowest BCUT2D eigenvalue weighted by Gasteiger charge is -2.33. The number of rotatable bonds is 5. The molecule has 1 saturated heterocycles. The summed E-state index contributed by atoms with van der Waals surface area (Å²) in [6, 6.07) is 17.4. The van der Waals surface area contributed by atoms with Gasteiger partial charge in [0.05, 0.1) is 11.5 Å². The van der Waals surface area contributed by atoms with Crippen molar-refractivity contribution < 1.29 is 14.4 Å². The van der Waals surface area contributed by atoms with Crippen molar-refractivity contribution in [1.29, 1.82) is 5.26 Å². The highest BCUT2D eigenvalue weighted by molar-refractivity contribution is 6.08. The number of para-hydroxylation sites is 1. The van der Waals surface area contributed by atoms with Gasteiger partial charge < -0.3 is 15.1 Å². The van der Waals surface area contributed by atoms with Crippen molar-refractivity contribution in [2.75, 3.05) is 18.9 Å². The summed E-state index contributed by atoms with van der Waals surface area (Å²) >= 11 is 0. The lowest BCUT2D eigenvalue weighted by atomic mass is 9.80. The van der Waals surface area contributed by atoms with E-state index >= 15 is 0 Å². The fourth-order valence-electron chi connectivity index (χ4n) is 5.65. The third kappa shape index (κ3) is 4.01. The predicted molar refractivity (Wildman–Crippen MR) is 140 cm³/mol. The van der Waals surface area contributed by atoms with Crippen molar-refractivity contribution in [3.8, 4) is 6.07 Å². The van der Waals surface area contributed by atoms with Crippen LogP contribution in [-0.2, 0) is 15.0 Å². The van der Waals surface area contributed by atoms with Crippen molar-refractivity contribution in [3.63, 3.8) is 0 Å². The lowest BCUT2D eigenvalue weighted by Crippen LogP contribution is -2.52. The van der Waals surface area contributed by atoms with Crippen LogP contribution < -0.4 is 5.32 Å². The first-order valence-electron chi connectivity index (χ1n) is 12.5. The monoisotopic (exact) mass is 495 g/mol. The minimum absolute atomic E-state index is 0.0933. The predicted octanol–water partition coefficient (Wildman–Crippen LogP) is 3.74. The van der Waals surface area contributed by atoms with Gasteiger partial charge in [-0.1, -0.05) is 56.3 Å². The number of hydrogen-bond donors (Lipinski definition) is 1. The molecule has 0 radical (unpaired) electrons. The van der Waals surface area contributed by atoms with Crippen LogP contribution in [0.1, 0.15) is 42.7 Å². The molecule has 8 heteroatoms. The van der Waals surface area contributed by atoms with E-state index in [9.17, 15) is 19.6 Å². The fraction of sp³-hybridized carbons (Fsp3) is 0.345. The Morgan fingerprint density at radius 2 is 1.92 bits per heavy atom. The molecule has 1 fully saturated rings. The minimum atomic E-state index is -0.977. The van der Waals surface area contributed by atoms with E-state index in [0.29, 0.717) is 17.5 Å². The van der Waals surface area contributed by atoms with Crippen LogP contribution in [0.15, 0.2) is 60.8 Å². The van der Waals surface area contributed by atoms with Gasteiger partial charge in [-0.3, -0.25) is 19.4 Å². The van der Waals surface area contributed by atoms with E-state index in [2.05, 4.69) is 16.4 Å². The van der Waals surface area contributed by atoms with E-state index in [4.69, 9.17) is 0 Å². The van der Waals surface area contributed by atoms with Crippen LogP contribution in [-0.4, -0.2) is 58.2 Å². The number of hydrogen-bond acceptors (Lipinski definition) is 5. The number of benzene rings is 2. The van der Waals surface area contributed by atoms with E-state index in [1.165, 1.54) is 9.80 Å². The van der Waals surface area contributed by atoms with Gasteiger partial charge in [0.1, 0.15) is 17.8 Å². The average Bonchev–Trinajstić information content (AvgIpc) is 3.43. The number of carbonyl (C=O) groups excluding carboxylic acids is 3. The van der Waals surface area contributed by atoms with E-state index in [1.807, 2.05) is 68.4 Å². The Balaban J connectivity index is 1.48. The molecule has 37 heavy (non-hydrogen) atoms. The number of likely N-dealkylation sites (tertiary alicyclic amines) is 1. The Bertz CT molecular complexity index is 1440. The molecule has 2 aliphatic heterocycles. The SMILES string of the molecule is CC(C)C[C@@H](C(=O)N1C[C@]2(C[C@H]1C#N)C(=O)Nc1ccccc12)N(C)C(=O)c1nccc2ccccc12. The topological polar surface area (TPSA) is 106 Å². The molecular weight excluding hydrogens is 466 g/mol. The van der Waals surface area contributed by atoms with Crippen molar-refractivity contribution in [3.05, 3.63) is 72.1 Å². The second-order valence-electron chi connectivity index (χ2n) is 10.3. The maximum atomic E-state index is 14.1. The van der Waals surface area contributed by atoms with Gasteiger partial charge in [0.2, 0.25) is 11.8 Å². The van der Waals surface area contributed by atoms with Crippen LogP contribution in [0.2, 0.25) is 0 Å². The van der Waals surface area contributed by atoms with Crippen LogP contribution in [0, 0.1) is 17.2 Å². The van der Waals surface area contributed by atoms with Gasteiger partial charge in [0.15, 0.2) is 0 Å². The molecule has 1 spiro atoms. The fourth-order valence-corrected chi connectivity index (χ4v) is 5.65. The number of amides is 3. The average molecular weight is 496 g/mol. The summed E-state index contributed by atoms with van der Waals surface area (Å²) in [6.45, 7) is 4.07. The maximum absolute atomic E-state index is 14.1. The summed E-state index contributed by atoms with van der Waals surface area (Å²) in [4.78, 5) is 48.2. The molecule has 8 nitrogen and oxygen atoms in total. The summed E-state index contributed by atoms with van der Waals surface area (Å²) in [7, 11) is 1.61. The summed E-state index contributed by atoms with van der Waals surface area (Å²) in [6.07, 6.45) is 2.22. The first kappa shape index (κ1) is 24.4. The van der Waals surface area contributed by atoms with E-state index in [1.54, 1.807) is 13.2 Å². The smallest absolute Gasteiger partial charge is 0.273 e. The Labute approximate surface area is 215 Å². The van der Waals surface area contributed by atoms with Gasteiger partial charge in [0, 0.05) is 37.3 Å². The zero-order chi connectivity index (χ0) is 26.3. The van der Waals surface area contributed by atoms with Crippen LogP contribution in [0.4, 0.5) is 5.69 Å². The van der Waals surface area contributed by atoms with Crippen LogP contribution in [0.25, 0.3) is 10.8 Å². The quantitative estimate of drug-likeness (QED) is 0.580. The summed E-state index contributed by atoms with van der Waals surface area (Å²) in [5, 5.41) is 14.5. The molecule has 0 aliphatic carbocycles. The number of carbonyl (C=O) groups is 3. The number of fused-ring (bicyclic) bond motifs is 3. The molecule has 5 rings (SSSR count). The highest BCUT2D eigenvalue weighted by atomic mass is 16.2. The molecule has 3 atom stereocenters. The molecule has 0 bridgehead atoms. The highest BCUT2D eigenvalue weighted by Crippen LogP contribution is 2.46. The van der Waals surface area contributed by atoms with Crippen molar-refractivity contribution in [2.45, 2.75) is 44.2 Å². The van der Waals surface area contributed by atoms with Crippen LogP contribution in [0.3, 0.4) is 0 Å². The number of likely N-dealkylation sites (N-methyl/N-ethyl adjacent to an activating group) is 1. The normalized spacial score (nSPS) is 21.1. The Morgan fingerprint density at radius 1 is 1.19 bits per heavy atom. The van der Waals surface area contributed by atoms with Crippen molar-refractivity contribution in [1.82, 2.24) is 14.8 Å². The largest absolute Gasteiger partial charge is 0.328 e. The molecule has 2 aliphatic rings. The van der Waals surface area contributed by atoms with Gasteiger partial charge in [-0.25, -0.2) is 0 Å².